The number of nitrogens with one attached hydrogen (secondary N) is 1. The van der Waals surface area contributed by atoms with Gasteiger partial charge in [-0.1, -0.05) is 43.7 Å². The van der Waals surface area contributed by atoms with Crippen molar-refractivity contribution in [1.29, 1.82) is 0 Å². The molecule has 3 rings (SSSR count). The molecule has 0 aliphatic carbocycles. The number of aryl methyl sites for hydroxylation is 1. The van der Waals surface area contributed by atoms with E-state index < -0.39 is 0 Å². The zero-order valence-corrected chi connectivity index (χ0v) is 17.1. The van der Waals surface area contributed by atoms with Crippen LogP contribution in [-0.4, -0.2) is 39.1 Å². The Morgan fingerprint density at radius 1 is 1.11 bits per heavy atom. The fourth-order valence-electron chi connectivity index (χ4n) is 2.81. The minimum Gasteiger partial charge on any atom is -0.468 e. The normalized spacial score (nSPS) is 11.0. The summed E-state index contributed by atoms with van der Waals surface area (Å²) in [5.41, 5.74) is 2.49. The van der Waals surface area contributed by atoms with Gasteiger partial charge in [0.1, 0.15) is 0 Å². The van der Waals surface area contributed by atoms with Gasteiger partial charge in [-0.3, -0.25) is 4.57 Å². The number of ether oxygens (including phenoxy) is 2. The van der Waals surface area contributed by atoms with E-state index in [2.05, 4.69) is 39.3 Å². The first-order chi connectivity index (χ1) is 13.8. The van der Waals surface area contributed by atoms with Crippen molar-refractivity contribution in [2.75, 3.05) is 24.9 Å². The van der Waals surface area contributed by atoms with Gasteiger partial charge in [-0.25, -0.2) is 0 Å². The number of halogens is 1. The number of anilines is 1. The first-order valence-electron chi connectivity index (χ1n) is 9.55. The molecule has 0 unspecified atom stereocenters. The fraction of sp³-hybridized carbons (Fsp3) is 0.450. The van der Waals surface area contributed by atoms with Gasteiger partial charge in [0.2, 0.25) is 0 Å². The smallest absolute Gasteiger partial charge is 0.320 e. The molecule has 0 radical (unpaired) electrons. The zero-order chi connectivity index (χ0) is 19.8. The maximum absolute atomic E-state index is 5.89. The predicted molar refractivity (Wildman–Crippen MR) is 111 cm³/mol. The quantitative estimate of drug-likeness (QED) is 0.381. The Labute approximate surface area is 170 Å². The van der Waals surface area contributed by atoms with Crippen LogP contribution in [0, 0.1) is 0 Å². The van der Waals surface area contributed by atoms with E-state index in [-0.39, 0.29) is 0 Å². The number of fused-ring (bicyclic) bond motifs is 1. The van der Waals surface area contributed by atoms with Gasteiger partial charge >= 0.3 is 6.01 Å². The van der Waals surface area contributed by atoms with Crippen LogP contribution in [0.1, 0.15) is 31.7 Å². The molecule has 0 bridgehead atoms. The lowest BCUT2D eigenvalue weighted by Gasteiger charge is -2.10. The molecule has 0 aliphatic rings. The van der Waals surface area contributed by atoms with Crippen LogP contribution in [0.25, 0.3) is 11.2 Å². The first kappa shape index (κ1) is 20.2. The van der Waals surface area contributed by atoms with Gasteiger partial charge in [-0.2, -0.15) is 15.0 Å². The largest absolute Gasteiger partial charge is 0.468 e. The number of unbranched alkanes of at least 4 members (excludes halogenated alkanes) is 1. The maximum atomic E-state index is 5.89. The monoisotopic (exact) mass is 403 g/mol. The molecule has 1 aromatic carbocycles. The number of nitrogens with zero attached hydrogens (tertiary/aromatic N) is 4. The van der Waals surface area contributed by atoms with Crippen molar-refractivity contribution in [2.24, 2.45) is 0 Å². The minimum atomic E-state index is 0.339. The third kappa shape index (κ3) is 4.84. The number of aromatic nitrogens is 4. The highest BCUT2D eigenvalue weighted by Gasteiger charge is 2.19. The Kier molecular flexibility index (Phi) is 7.31. The number of methoxy groups -OCH3 is 1. The number of rotatable bonds is 11. The lowest BCUT2D eigenvalue weighted by Crippen LogP contribution is -2.08. The average Bonchev–Trinajstić information content (AvgIpc) is 3.09. The molecular weight excluding hydrogens is 378 g/mol. The fourth-order valence-corrected chi connectivity index (χ4v) is 2.93. The summed E-state index contributed by atoms with van der Waals surface area (Å²) in [4.78, 5) is 13.7. The molecule has 3 aromatic rings. The Morgan fingerprint density at radius 2 is 1.93 bits per heavy atom. The third-order valence-corrected chi connectivity index (χ3v) is 4.54. The van der Waals surface area contributed by atoms with Crippen LogP contribution < -0.4 is 14.8 Å². The number of hydrogen-bond donors (Lipinski definition) is 1. The van der Waals surface area contributed by atoms with Crippen molar-refractivity contribution in [3.63, 3.8) is 0 Å². The van der Waals surface area contributed by atoms with Gasteiger partial charge in [-0.05, 0) is 18.4 Å². The van der Waals surface area contributed by atoms with Crippen LogP contribution in [0.5, 0.6) is 12.0 Å². The summed E-state index contributed by atoms with van der Waals surface area (Å²) in [6.07, 6.45) is 2.78. The van der Waals surface area contributed by atoms with Gasteiger partial charge in [0, 0.05) is 19.0 Å². The maximum Gasteiger partial charge on any atom is 0.320 e. The van der Waals surface area contributed by atoms with Gasteiger partial charge in [-0.15, -0.1) is 11.6 Å². The summed E-state index contributed by atoms with van der Waals surface area (Å²) in [6, 6.07) is 11.0. The molecule has 0 atom stereocenters. The molecule has 28 heavy (non-hydrogen) atoms. The van der Waals surface area contributed by atoms with E-state index in [0.717, 1.165) is 24.8 Å². The van der Waals surface area contributed by atoms with Crippen molar-refractivity contribution >= 4 is 28.6 Å². The van der Waals surface area contributed by atoms with Crippen molar-refractivity contribution in [3.8, 4) is 12.0 Å². The summed E-state index contributed by atoms with van der Waals surface area (Å²) in [6.45, 7) is 3.98. The molecule has 8 heteroatoms. The van der Waals surface area contributed by atoms with Crippen LogP contribution >= 0.6 is 11.6 Å². The van der Waals surface area contributed by atoms with Gasteiger partial charge in [0.25, 0.3) is 6.01 Å². The van der Waals surface area contributed by atoms with Crippen LogP contribution in [0.15, 0.2) is 30.3 Å². The van der Waals surface area contributed by atoms with E-state index in [1.165, 1.54) is 0 Å². The Bertz CT molecular complexity index is 885. The SMILES string of the molecule is CCCCOc1nc(NCc2ccccc2)c2nc(OC)n(CCCCl)c2n1. The standard InChI is InChI=1S/C20H26ClN5O2/c1-3-4-13-28-19-24-17(22-14-15-9-6-5-7-10-15)16-18(25-19)26(12-8-11-21)20(23-16)27-2/h5-7,9-10H,3-4,8,11-14H2,1-2H3,(H,22,24,25). The third-order valence-electron chi connectivity index (χ3n) is 4.27. The molecule has 2 aromatic heterocycles. The summed E-state index contributed by atoms with van der Waals surface area (Å²) in [7, 11) is 1.60. The molecule has 0 saturated heterocycles. The predicted octanol–water partition coefficient (Wildman–Crippen LogP) is 4.25. The van der Waals surface area contributed by atoms with E-state index in [1.807, 2.05) is 22.8 Å². The second-order valence-electron chi connectivity index (χ2n) is 6.36. The van der Waals surface area contributed by atoms with Gasteiger partial charge in [0.05, 0.1) is 13.7 Å². The summed E-state index contributed by atoms with van der Waals surface area (Å²) in [5.74, 6) is 1.18. The van der Waals surface area contributed by atoms with Gasteiger partial charge in [0.15, 0.2) is 17.0 Å². The molecule has 150 valence electrons. The Hall–Kier alpha value is -2.54. The van der Waals surface area contributed by atoms with E-state index in [9.17, 15) is 0 Å². The molecule has 0 aliphatic heterocycles. The van der Waals surface area contributed by atoms with Crippen molar-refractivity contribution < 1.29 is 9.47 Å². The van der Waals surface area contributed by atoms with E-state index in [4.69, 9.17) is 21.1 Å². The summed E-state index contributed by atoms with van der Waals surface area (Å²) < 4.78 is 13.2. The molecule has 0 saturated carbocycles. The summed E-state index contributed by atoms with van der Waals surface area (Å²) >= 11 is 5.89. The topological polar surface area (TPSA) is 74.1 Å². The lowest BCUT2D eigenvalue weighted by molar-refractivity contribution is 0.286. The van der Waals surface area contributed by atoms with Crippen LogP contribution in [0.2, 0.25) is 0 Å². The summed E-state index contributed by atoms with van der Waals surface area (Å²) in [5, 5.41) is 3.37. The number of alkyl halides is 1. The van der Waals surface area contributed by atoms with Gasteiger partial charge < -0.3 is 14.8 Å². The molecule has 0 fully saturated rings. The second-order valence-corrected chi connectivity index (χ2v) is 6.74. The highest BCUT2D eigenvalue weighted by atomic mass is 35.5. The minimum absolute atomic E-state index is 0.339. The molecule has 7 nitrogen and oxygen atoms in total. The van der Waals surface area contributed by atoms with E-state index >= 15 is 0 Å². The molecule has 1 N–H and O–H groups in total. The van der Waals surface area contributed by atoms with Crippen molar-refractivity contribution in [2.45, 2.75) is 39.3 Å². The van der Waals surface area contributed by atoms with Crippen LogP contribution in [0.4, 0.5) is 5.82 Å². The first-order valence-corrected chi connectivity index (χ1v) is 10.1. The molecular formula is C20H26ClN5O2. The molecule has 0 spiro atoms. The van der Waals surface area contributed by atoms with E-state index in [0.29, 0.717) is 54.6 Å². The number of hydrogen-bond acceptors (Lipinski definition) is 6. The molecule has 2 heterocycles. The number of benzene rings is 1. The highest BCUT2D eigenvalue weighted by molar-refractivity contribution is 6.17. The van der Waals surface area contributed by atoms with Crippen molar-refractivity contribution in [1.82, 2.24) is 19.5 Å². The molecule has 0 amide bonds. The Balaban J connectivity index is 1.96. The lowest BCUT2D eigenvalue weighted by atomic mass is 10.2. The number of imidazole rings is 1. The van der Waals surface area contributed by atoms with Crippen molar-refractivity contribution in [3.05, 3.63) is 35.9 Å². The Morgan fingerprint density at radius 3 is 2.64 bits per heavy atom. The van der Waals surface area contributed by atoms with Crippen LogP contribution in [-0.2, 0) is 13.1 Å². The highest BCUT2D eigenvalue weighted by Crippen LogP contribution is 2.28. The zero-order valence-electron chi connectivity index (χ0n) is 16.3. The van der Waals surface area contributed by atoms with E-state index in [1.54, 1.807) is 7.11 Å². The second kappa shape index (κ2) is 10.1. The average molecular weight is 404 g/mol. The van der Waals surface area contributed by atoms with Crippen LogP contribution in [0.3, 0.4) is 0 Å².